The summed E-state index contributed by atoms with van der Waals surface area (Å²) in [5.41, 5.74) is 1.85. The zero-order chi connectivity index (χ0) is 15.5. The Bertz CT molecular complexity index is 681. The highest BCUT2D eigenvalue weighted by molar-refractivity contribution is 5.97. The summed E-state index contributed by atoms with van der Waals surface area (Å²) < 4.78 is 0. The number of rotatable bonds is 4. The van der Waals surface area contributed by atoms with Crippen LogP contribution in [0.25, 0.3) is 10.9 Å². The van der Waals surface area contributed by atoms with Crippen molar-refractivity contribution in [1.29, 1.82) is 0 Å². The Morgan fingerprint density at radius 3 is 2.82 bits per heavy atom. The monoisotopic (exact) mass is 300 g/mol. The van der Waals surface area contributed by atoms with Gasteiger partial charge in [0.1, 0.15) is 5.52 Å². The molecule has 1 N–H and O–H groups in total. The van der Waals surface area contributed by atoms with Crippen LogP contribution in [0.2, 0.25) is 0 Å². The van der Waals surface area contributed by atoms with E-state index in [4.69, 9.17) is 0 Å². The molecule has 0 unspecified atom stereocenters. The van der Waals surface area contributed by atoms with Crippen LogP contribution in [-0.4, -0.2) is 36.6 Å². The van der Waals surface area contributed by atoms with E-state index in [0.717, 1.165) is 43.7 Å². The van der Waals surface area contributed by atoms with E-state index in [1.165, 1.54) is 0 Å². The lowest BCUT2D eigenvalue weighted by atomic mass is 9.96. The van der Waals surface area contributed by atoms with Crippen molar-refractivity contribution in [2.24, 2.45) is 5.92 Å². The molecule has 3 rings (SSSR count). The van der Waals surface area contributed by atoms with Crippen molar-refractivity contribution in [2.45, 2.75) is 12.8 Å². The lowest BCUT2D eigenvalue weighted by Crippen LogP contribution is -2.36. The molecular formula is C16H20N4O2. The van der Waals surface area contributed by atoms with Gasteiger partial charge in [0, 0.05) is 25.4 Å². The number of nitro groups is 1. The summed E-state index contributed by atoms with van der Waals surface area (Å²) in [6.45, 7) is 2.98. The van der Waals surface area contributed by atoms with Crippen LogP contribution in [0.15, 0.2) is 30.5 Å². The largest absolute Gasteiger partial charge is 0.370 e. The molecule has 1 aromatic heterocycles. The number of nitrogens with one attached hydrogen (secondary N) is 1. The van der Waals surface area contributed by atoms with Gasteiger partial charge in [-0.05, 0) is 50.6 Å². The van der Waals surface area contributed by atoms with Gasteiger partial charge in [-0.3, -0.25) is 15.1 Å². The van der Waals surface area contributed by atoms with E-state index in [0.29, 0.717) is 11.3 Å². The Morgan fingerprint density at radius 1 is 1.36 bits per heavy atom. The van der Waals surface area contributed by atoms with Crippen LogP contribution in [0.4, 0.5) is 11.4 Å². The molecule has 0 bridgehead atoms. The smallest absolute Gasteiger partial charge is 0.278 e. The van der Waals surface area contributed by atoms with E-state index in [-0.39, 0.29) is 10.6 Å². The molecule has 1 aromatic carbocycles. The minimum atomic E-state index is -0.340. The van der Waals surface area contributed by atoms with Crippen LogP contribution in [0.3, 0.4) is 0 Å². The summed E-state index contributed by atoms with van der Waals surface area (Å²) in [6, 6.07) is 6.96. The fraction of sp³-hybridized carbons (Fsp3) is 0.438. The van der Waals surface area contributed by atoms with Gasteiger partial charge < -0.3 is 10.2 Å². The van der Waals surface area contributed by atoms with Crippen LogP contribution in [0.1, 0.15) is 12.8 Å². The van der Waals surface area contributed by atoms with E-state index in [1.54, 1.807) is 24.4 Å². The molecule has 0 atom stereocenters. The summed E-state index contributed by atoms with van der Waals surface area (Å²) in [6.07, 6.45) is 3.96. The topological polar surface area (TPSA) is 71.3 Å². The molecule has 1 aliphatic heterocycles. The minimum Gasteiger partial charge on any atom is -0.370 e. The number of nitro benzene ring substituents is 1. The van der Waals surface area contributed by atoms with Crippen molar-refractivity contribution in [3.05, 3.63) is 40.6 Å². The average Bonchev–Trinajstić information content (AvgIpc) is 2.55. The van der Waals surface area contributed by atoms with Gasteiger partial charge in [0.25, 0.3) is 5.69 Å². The number of piperidine rings is 1. The lowest BCUT2D eigenvalue weighted by Gasteiger charge is -2.33. The Balaban J connectivity index is 1.92. The molecule has 0 radical (unpaired) electrons. The third kappa shape index (κ3) is 2.74. The molecular weight excluding hydrogens is 280 g/mol. The molecule has 1 aliphatic rings. The number of hydrogen-bond acceptors (Lipinski definition) is 5. The van der Waals surface area contributed by atoms with Crippen LogP contribution in [0.5, 0.6) is 0 Å². The van der Waals surface area contributed by atoms with E-state index in [1.807, 2.05) is 13.1 Å². The molecule has 2 heterocycles. The quantitative estimate of drug-likeness (QED) is 0.694. The van der Waals surface area contributed by atoms with Crippen molar-refractivity contribution >= 4 is 22.3 Å². The van der Waals surface area contributed by atoms with Gasteiger partial charge in [0.15, 0.2) is 0 Å². The predicted octanol–water partition coefficient (Wildman–Crippen LogP) is 2.58. The predicted molar refractivity (Wildman–Crippen MR) is 87.3 cm³/mol. The van der Waals surface area contributed by atoms with Crippen molar-refractivity contribution in [3.8, 4) is 0 Å². The number of hydrogen-bond donors (Lipinski definition) is 1. The number of anilines is 1. The molecule has 6 heteroatoms. The van der Waals surface area contributed by atoms with Crippen LogP contribution in [-0.2, 0) is 0 Å². The van der Waals surface area contributed by atoms with Gasteiger partial charge in [-0.2, -0.15) is 0 Å². The van der Waals surface area contributed by atoms with E-state index < -0.39 is 0 Å². The average molecular weight is 300 g/mol. The van der Waals surface area contributed by atoms with Crippen LogP contribution in [0, 0.1) is 16.0 Å². The molecule has 22 heavy (non-hydrogen) atoms. The van der Waals surface area contributed by atoms with Crippen molar-refractivity contribution in [2.75, 3.05) is 31.6 Å². The number of pyridine rings is 1. The number of benzene rings is 1. The highest BCUT2D eigenvalue weighted by Gasteiger charge is 2.22. The van der Waals surface area contributed by atoms with Crippen molar-refractivity contribution in [3.63, 3.8) is 0 Å². The highest BCUT2D eigenvalue weighted by atomic mass is 16.6. The summed E-state index contributed by atoms with van der Waals surface area (Å²) >= 11 is 0. The highest BCUT2D eigenvalue weighted by Crippen LogP contribution is 2.33. The molecule has 0 aliphatic carbocycles. The standard InChI is InChI=1S/C16H20N4O2/c1-17-11-12-6-9-19(10-7-12)15-5-4-14(20(21)22)13-3-2-8-18-16(13)15/h2-5,8,12,17H,6-7,9-11H2,1H3. The van der Waals surface area contributed by atoms with Crippen molar-refractivity contribution in [1.82, 2.24) is 10.3 Å². The molecule has 2 aromatic rings. The summed E-state index contributed by atoms with van der Waals surface area (Å²) in [7, 11) is 1.99. The molecule has 0 amide bonds. The maximum absolute atomic E-state index is 11.2. The van der Waals surface area contributed by atoms with Crippen molar-refractivity contribution < 1.29 is 4.92 Å². The number of aromatic nitrogens is 1. The Morgan fingerprint density at radius 2 is 2.14 bits per heavy atom. The third-order valence-corrected chi connectivity index (χ3v) is 4.37. The maximum atomic E-state index is 11.2. The molecule has 0 spiro atoms. The van der Waals surface area contributed by atoms with Gasteiger partial charge in [-0.15, -0.1) is 0 Å². The van der Waals surface area contributed by atoms with E-state index >= 15 is 0 Å². The Hall–Kier alpha value is -2.21. The van der Waals surface area contributed by atoms with Crippen LogP contribution < -0.4 is 10.2 Å². The van der Waals surface area contributed by atoms with Gasteiger partial charge in [0.2, 0.25) is 0 Å². The second-order valence-electron chi connectivity index (χ2n) is 5.75. The zero-order valence-corrected chi connectivity index (χ0v) is 12.7. The maximum Gasteiger partial charge on any atom is 0.278 e. The van der Waals surface area contributed by atoms with Gasteiger partial charge in [-0.25, -0.2) is 0 Å². The third-order valence-electron chi connectivity index (χ3n) is 4.37. The van der Waals surface area contributed by atoms with Crippen LogP contribution >= 0.6 is 0 Å². The normalized spacial score (nSPS) is 16.1. The first kappa shape index (κ1) is 14.7. The first-order chi connectivity index (χ1) is 10.7. The molecule has 6 nitrogen and oxygen atoms in total. The first-order valence-electron chi connectivity index (χ1n) is 7.62. The number of fused-ring (bicyclic) bond motifs is 1. The van der Waals surface area contributed by atoms with E-state index in [9.17, 15) is 10.1 Å². The number of nitrogens with zero attached hydrogens (tertiary/aromatic N) is 3. The second kappa shape index (κ2) is 6.27. The second-order valence-corrected chi connectivity index (χ2v) is 5.75. The molecule has 1 saturated heterocycles. The fourth-order valence-corrected chi connectivity index (χ4v) is 3.22. The zero-order valence-electron chi connectivity index (χ0n) is 12.7. The molecule has 0 saturated carbocycles. The summed E-state index contributed by atoms with van der Waals surface area (Å²) in [5, 5.41) is 15.0. The lowest BCUT2D eigenvalue weighted by molar-refractivity contribution is -0.383. The van der Waals surface area contributed by atoms with Gasteiger partial charge >= 0.3 is 0 Å². The Labute approximate surface area is 129 Å². The number of non-ortho nitro benzene ring substituents is 1. The Kier molecular flexibility index (Phi) is 4.20. The van der Waals surface area contributed by atoms with Gasteiger partial charge in [-0.1, -0.05) is 0 Å². The van der Waals surface area contributed by atoms with Gasteiger partial charge in [0.05, 0.1) is 16.0 Å². The van der Waals surface area contributed by atoms with E-state index in [2.05, 4.69) is 15.2 Å². The minimum absolute atomic E-state index is 0.122. The summed E-state index contributed by atoms with van der Waals surface area (Å²) in [4.78, 5) is 17.5. The first-order valence-corrected chi connectivity index (χ1v) is 7.62. The molecule has 116 valence electrons. The summed E-state index contributed by atoms with van der Waals surface area (Å²) in [5.74, 6) is 0.707. The molecule has 1 fully saturated rings. The fourth-order valence-electron chi connectivity index (χ4n) is 3.22. The SMILES string of the molecule is CNCC1CCN(c2ccc([N+](=O)[O-])c3cccnc23)CC1.